The first-order chi connectivity index (χ1) is 7.50. The van der Waals surface area contributed by atoms with E-state index in [0.29, 0.717) is 0 Å². The van der Waals surface area contributed by atoms with E-state index in [9.17, 15) is 0 Å². The number of hydrogen-bond donors (Lipinski definition) is 0. The summed E-state index contributed by atoms with van der Waals surface area (Å²) in [5, 5.41) is 0. The van der Waals surface area contributed by atoms with Gasteiger partial charge in [0.25, 0.3) is 0 Å². The Morgan fingerprint density at radius 2 is 1.19 bits per heavy atom. The summed E-state index contributed by atoms with van der Waals surface area (Å²) in [5.41, 5.74) is 0. The lowest BCUT2D eigenvalue weighted by molar-refractivity contribution is -0.427. The largest absolute Gasteiger partial charge is 0.351 e. The zero-order valence-electron chi connectivity index (χ0n) is 11.2. The molecular formula is C12H24O4. The zero-order valence-corrected chi connectivity index (χ0v) is 11.2. The number of hydrogen-bond acceptors (Lipinski definition) is 4. The van der Waals surface area contributed by atoms with Gasteiger partial charge in [-0.2, -0.15) is 0 Å². The van der Waals surface area contributed by atoms with Gasteiger partial charge in [0, 0.05) is 27.1 Å². The van der Waals surface area contributed by atoms with Gasteiger partial charge in [-0.1, -0.05) is 13.8 Å². The molecule has 1 aliphatic heterocycles. The zero-order chi connectivity index (χ0) is 12.4. The van der Waals surface area contributed by atoms with Crippen molar-refractivity contribution in [1.82, 2.24) is 0 Å². The van der Waals surface area contributed by atoms with Crippen molar-refractivity contribution < 1.29 is 18.9 Å². The Morgan fingerprint density at radius 3 is 1.38 bits per heavy atom. The van der Waals surface area contributed by atoms with Crippen LogP contribution in [0.3, 0.4) is 0 Å². The summed E-state index contributed by atoms with van der Waals surface area (Å²) in [7, 11) is 3.31. The SMILES string of the molecule is CCC1(OC)OC(C)C(CC)(OC)OC1C. The maximum Gasteiger partial charge on any atom is 0.194 e. The van der Waals surface area contributed by atoms with Crippen molar-refractivity contribution in [2.24, 2.45) is 0 Å². The monoisotopic (exact) mass is 232 g/mol. The smallest absolute Gasteiger partial charge is 0.194 e. The highest BCUT2D eigenvalue weighted by Crippen LogP contribution is 2.39. The highest BCUT2D eigenvalue weighted by atomic mass is 16.8. The molecule has 0 spiro atoms. The molecule has 0 amide bonds. The predicted octanol–water partition coefficient (Wildman–Crippen LogP) is 2.32. The molecule has 4 unspecified atom stereocenters. The third-order valence-corrected chi connectivity index (χ3v) is 3.67. The van der Waals surface area contributed by atoms with E-state index < -0.39 is 11.6 Å². The molecule has 1 rings (SSSR count). The van der Waals surface area contributed by atoms with Gasteiger partial charge >= 0.3 is 0 Å². The van der Waals surface area contributed by atoms with E-state index in [1.807, 2.05) is 27.7 Å². The topological polar surface area (TPSA) is 36.9 Å². The standard InChI is InChI=1S/C12H24O4/c1-7-11(13-5)9(3)16-12(8-2,14-6)10(4)15-11/h9-10H,7-8H2,1-6H3. The van der Waals surface area contributed by atoms with Crippen LogP contribution < -0.4 is 0 Å². The molecule has 1 saturated heterocycles. The second kappa shape index (κ2) is 5.00. The van der Waals surface area contributed by atoms with Crippen molar-refractivity contribution in [2.45, 2.75) is 64.3 Å². The molecule has 0 aromatic rings. The molecule has 4 nitrogen and oxygen atoms in total. The van der Waals surface area contributed by atoms with Crippen LogP contribution in [0.1, 0.15) is 40.5 Å². The summed E-state index contributed by atoms with van der Waals surface area (Å²) >= 11 is 0. The van der Waals surface area contributed by atoms with Crippen LogP contribution in [0.15, 0.2) is 0 Å². The van der Waals surface area contributed by atoms with E-state index in [-0.39, 0.29) is 12.2 Å². The Morgan fingerprint density at radius 1 is 0.875 bits per heavy atom. The molecule has 0 aromatic heterocycles. The summed E-state index contributed by atoms with van der Waals surface area (Å²) < 4.78 is 23.0. The molecule has 1 heterocycles. The van der Waals surface area contributed by atoms with E-state index in [0.717, 1.165) is 12.8 Å². The Labute approximate surface area is 98.2 Å². The summed E-state index contributed by atoms with van der Waals surface area (Å²) in [4.78, 5) is 0. The van der Waals surface area contributed by atoms with Crippen LogP contribution in [-0.2, 0) is 18.9 Å². The van der Waals surface area contributed by atoms with Crippen LogP contribution in [0, 0.1) is 0 Å². The van der Waals surface area contributed by atoms with Crippen molar-refractivity contribution in [3.05, 3.63) is 0 Å². The second-order valence-electron chi connectivity index (χ2n) is 4.26. The summed E-state index contributed by atoms with van der Waals surface area (Å²) in [6, 6.07) is 0. The first-order valence-electron chi connectivity index (χ1n) is 5.96. The van der Waals surface area contributed by atoms with Gasteiger partial charge in [-0.3, -0.25) is 0 Å². The third kappa shape index (κ3) is 1.99. The normalized spacial score (nSPS) is 44.6. The molecule has 4 atom stereocenters. The number of methoxy groups -OCH3 is 2. The van der Waals surface area contributed by atoms with Crippen molar-refractivity contribution in [3.63, 3.8) is 0 Å². The van der Waals surface area contributed by atoms with Crippen LogP contribution >= 0.6 is 0 Å². The first-order valence-corrected chi connectivity index (χ1v) is 5.96. The predicted molar refractivity (Wildman–Crippen MR) is 61.2 cm³/mol. The van der Waals surface area contributed by atoms with Crippen molar-refractivity contribution in [3.8, 4) is 0 Å². The minimum absolute atomic E-state index is 0.154. The summed E-state index contributed by atoms with van der Waals surface area (Å²) in [6.45, 7) is 7.98. The van der Waals surface area contributed by atoms with E-state index in [1.165, 1.54) is 0 Å². The highest BCUT2D eigenvalue weighted by Gasteiger charge is 2.53. The van der Waals surface area contributed by atoms with Gasteiger partial charge in [0.15, 0.2) is 11.6 Å². The molecule has 0 radical (unpaired) electrons. The molecule has 96 valence electrons. The lowest BCUT2D eigenvalue weighted by Crippen LogP contribution is -2.63. The fourth-order valence-electron chi connectivity index (χ4n) is 2.43. The number of ether oxygens (including phenoxy) is 4. The quantitative estimate of drug-likeness (QED) is 0.745. The lowest BCUT2D eigenvalue weighted by atomic mass is 10.00. The van der Waals surface area contributed by atoms with Crippen LogP contribution in [0.5, 0.6) is 0 Å². The van der Waals surface area contributed by atoms with Crippen LogP contribution in [0.2, 0.25) is 0 Å². The molecular weight excluding hydrogens is 208 g/mol. The van der Waals surface area contributed by atoms with Gasteiger partial charge in [-0.25, -0.2) is 0 Å². The second-order valence-corrected chi connectivity index (χ2v) is 4.26. The van der Waals surface area contributed by atoms with Crippen molar-refractivity contribution >= 4 is 0 Å². The fraction of sp³-hybridized carbons (Fsp3) is 1.00. The maximum atomic E-state index is 6.01. The van der Waals surface area contributed by atoms with Gasteiger partial charge < -0.3 is 18.9 Å². The minimum Gasteiger partial charge on any atom is -0.351 e. The number of rotatable bonds is 4. The molecule has 0 aliphatic carbocycles. The molecule has 0 bridgehead atoms. The molecule has 0 N–H and O–H groups in total. The van der Waals surface area contributed by atoms with E-state index in [1.54, 1.807) is 14.2 Å². The first kappa shape index (κ1) is 13.9. The molecule has 0 aromatic carbocycles. The minimum atomic E-state index is -0.656. The summed E-state index contributed by atoms with van der Waals surface area (Å²) in [5.74, 6) is -1.31. The third-order valence-electron chi connectivity index (χ3n) is 3.67. The average Bonchev–Trinajstić information content (AvgIpc) is 2.31. The van der Waals surface area contributed by atoms with E-state index >= 15 is 0 Å². The maximum absolute atomic E-state index is 6.01. The Kier molecular flexibility index (Phi) is 4.35. The van der Waals surface area contributed by atoms with Gasteiger partial charge in [0.2, 0.25) is 0 Å². The Balaban J connectivity index is 2.92. The van der Waals surface area contributed by atoms with Crippen LogP contribution in [0.25, 0.3) is 0 Å². The average molecular weight is 232 g/mol. The van der Waals surface area contributed by atoms with Gasteiger partial charge in [-0.05, 0) is 13.8 Å². The molecule has 1 aliphatic rings. The van der Waals surface area contributed by atoms with E-state index in [4.69, 9.17) is 18.9 Å². The van der Waals surface area contributed by atoms with E-state index in [2.05, 4.69) is 0 Å². The fourth-order valence-corrected chi connectivity index (χ4v) is 2.43. The van der Waals surface area contributed by atoms with Gasteiger partial charge in [0.05, 0.1) is 0 Å². The summed E-state index contributed by atoms with van der Waals surface area (Å²) in [6.07, 6.45) is 1.19. The highest BCUT2D eigenvalue weighted by molar-refractivity contribution is 4.89. The lowest BCUT2D eigenvalue weighted by Gasteiger charge is -2.51. The van der Waals surface area contributed by atoms with Crippen molar-refractivity contribution in [1.29, 1.82) is 0 Å². The van der Waals surface area contributed by atoms with Crippen LogP contribution in [0.4, 0.5) is 0 Å². The molecule has 4 heteroatoms. The van der Waals surface area contributed by atoms with Crippen LogP contribution in [-0.4, -0.2) is 38.0 Å². The molecule has 0 saturated carbocycles. The molecule has 1 fully saturated rings. The van der Waals surface area contributed by atoms with Gasteiger partial charge in [0.1, 0.15) is 12.2 Å². The Hall–Kier alpha value is -0.160. The van der Waals surface area contributed by atoms with Crippen molar-refractivity contribution in [2.75, 3.05) is 14.2 Å². The van der Waals surface area contributed by atoms with Gasteiger partial charge in [-0.15, -0.1) is 0 Å². The Bertz CT molecular complexity index is 197. The molecule has 16 heavy (non-hydrogen) atoms.